The van der Waals surface area contributed by atoms with Gasteiger partial charge >= 0.3 is 0 Å². The highest BCUT2D eigenvalue weighted by Crippen LogP contribution is 2.18. The van der Waals surface area contributed by atoms with Crippen LogP contribution in [0, 0.1) is 0 Å². The zero-order chi connectivity index (χ0) is 42.8. The normalized spacial score (nSPS) is 12.8. The third kappa shape index (κ3) is 48.0. The van der Waals surface area contributed by atoms with Crippen LogP contribution in [0.25, 0.3) is 0 Å². The van der Waals surface area contributed by atoms with E-state index in [4.69, 9.17) is 0 Å². The first-order valence-electron chi connectivity index (χ1n) is 27.4. The number of carbonyl (C=O) groups excluding carboxylic acids is 1. The van der Waals surface area contributed by atoms with Gasteiger partial charge in [-0.3, -0.25) is 4.79 Å². The van der Waals surface area contributed by atoms with Crippen molar-refractivity contribution in [3.05, 3.63) is 12.2 Å². The van der Waals surface area contributed by atoms with E-state index < -0.39 is 12.1 Å². The fourth-order valence-electron chi connectivity index (χ4n) is 8.83. The van der Waals surface area contributed by atoms with E-state index in [0.29, 0.717) is 12.8 Å². The molecule has 0 saturated heterocycles. The average molecular weight is 832 g/mol. The van der Waals surface area contributed by atoms with E-state index in [-0.39, 0.29) is 12.5 Å². The minimum atomic E-state index is -0.651. The summed E-state index contributed by atoms with van der Waals surface area (Å²) >= 11 is 0. The van der Waals surface area contributed by atoms with Gasteiger partial charge in [-0.1, -0.05) is 283 Å². The lowest BCUT2D eigenvalue weighted by Crippen LogP contribution is -2.45. The molecule has 59 heavy (non-hydrogen) atoms. The van der Waals surface area contributed by atoms with Gasteiger partial charge < -0.3 is 15.5 Å². The van der Waals surface area contributed by atoms with Gasteiger partial charge in [0.05, 0.1) is 18.8 Å². The standard InChI is InChI=1S/C55H109NO3/c1-3-5-7-9-11-12-13-14-15-16-17-18-19-20-21-22-23-24-25-26-27-28-29-30-31-32-33-34-35-36-37-38-39-40-41-42-43-44-45-47-49-51-55(59)56-53(52-57)54(58)50-48-46-10-8-6-4-2/h16-17,53-54,57-58H,3-15,18-52H2,1-2H3,(H,56,59)/b17-16-. The van der Waals surface area contributed by atoms with E-state index in [1.54, 1.807) is 0 Å². The van der Waals surface area contributed by atoms with Gasteiger partial charge in [0.15, 0.2) is 0 Å². The monoisotopic (exact) mass is 832 g/mol. The maximum atomic E-state index is 12.3. The summed E-state index contributed by atoms with van der Waals surface area (Å²) < 4.78 is 0. The van der Waals surface area contributed by atoms with Crippen molar-refractivity contribution in [3.8, 4) is 0 Å². The van der Waals surface area contributed by atoms with E-state index in [1.807, 2.05) is 0 Å². The maximum Gasteiger partial charge on any atom is 0.220 e. The van der Waals surface area contributed by atoms with E-state index in [0.717, 1.165) is 25.7 Å². The van der Waals surface area contributed by atoms with Crippen LogP contribution in [-0.4, -0.2) is 34.9 Å². The minimum absolute atomic E-state index is 0.0307. The molecule has 0 heterocycles. The maximum absolute atomic E-state index is 12.3. The molecule has 0 spiro atoms. The zero-order valence-electron chi connectivity index (χ0n) is 40.6. The molecule has 0 radical (unpaired) electrons. The molecule has 0 aromatic heterocycles. The predicted octanol–water partition coefficient (Wildman–Crippen LogP) is 17.8. The average Bonchev–Trinajstić information content (AvgIpc) is 3.24. The summed E-state index contributed by atoms with van der Waals surface area (Å²) in [5.74, 6) is -0.0307. The molecule has 0 aromatic carbocycles. The second kappa shape index (κ2) is 51.5. The molecule has 0 rings (SSSR count). The van der Waals surface area contributed by atoms with Gasteiger partial charge in [0.1, 0.15) is 0 Å². The molecule has 3 N–H and O–H groups in total. The highest BCUT2D eigenvalue weighted by Gasteiger charge is 2.20. The number of carbonyl (C=O) groups is 1. The minimum Gasteiger partial charge on any atom is -0.394 e. The zero-order valence-corrected chi connectivity index (χ0v) is 40.6. The van der Waals surface area contributed by atoms with E-state index in [9.17, 15) is 15.0 Å². The molecular formula is C55H109NO3. The Morgan fingerprint density at radius 3 is 0.932 bits per heavy atom. The summed E-state index contributed by atoms with van der Waals surface area (Å²) in [6, 6.07) is -0.528. The SMILES string of the molecule is CCCCCCCCCC/C=C\CCCCCCCCCCCCCCCCCCCCCCCCCCCCCCCC(=O)NC(CO)C(O)CCCCCCCC. The summed E-state index contributed by atoms with van der Waals surface area (Å²) in [7, 11) is 0. The van der Waals surface area contributed by atoms with Crippen molar-refractivity contribution in [2.45, 2.75) is 328 Å². The van der Waals surface area contributed by atoms with Gasteiger partial charge in [-0.2, -0.15) is 0 Å². The molecular weight excluding hydrogens is 723 g/mol. The summed E-state index contributed by atoms with van der Waals surface area (Å²) in [5, 5.41) is 22.9. The van der Waals surface area contributed by atoms with Crippen molar-refractivity contribution >= 4 is 5.91 Å². The number of hydrogen-bond acceptors (Lipinski definition) is 3. The molecule has 0 bridgehead atoms. The number of aliphatic hydroxyl groups excluding tert-OH is 2. The van der Waals surface area contributed by atoms with Crippen LogP contribution in [-0.2, 0) is 4.79 Å². The summed E-state index contributed by atoms with van der Waals surface area (Å²) in [6.07, 6.45) is 66.8. The number of unbranched alkanes of at least 4 members (excludes halogenated alkanes) is 42. The van der Waals surface area contributed by atoms with E-state index in [2.05, 4.69) is 31.3 Å². The fourth-order valence-corrected chi connectivity index (χ4v) is 8.83. The third-order valence-corrected chi connectivity index (χ3v) is 13.0. The Labute approximate surface area is 371 Å². The molecule has 0 aliphatic rings. The second-order valence-electron chi connectivity index (χ2n) is 19.0. The highest BCUT2D eigenvalue weighted by atomic mass is 16.3. The number of amides is 1. The van der Waals surface area contributed by atoms with Crippen LogP contribution in [0.2, 0.25) is 0 Å². The Kier molecular flexibility index (Phi) is 50.7. The highest BCUT2D eigenvalue weighted by molar-refractivity contribution is 5.76. The van der Waals surface area contributed by atoms with Crippen LogP contribution in [0.4, 0.5) is 0 Å². The molecule has 0 aliphatic heterocycles. The lowest BCUT2D eigenvalue weighted by molar-refractivity contribution is -0.123. The molecule has 2 atom stereocenters. The van der Waals surface area contributed by atoms with Crippen LogP contribution >= 0.6 is 0 Å². The quantitative estimate of drug-likeness (QED) is 0.0422. The first-order chi connectivity index (χ1) is 29.2. The summed E-state index contributed by atoms with van der Waals surface area (Å²) in [5.41, 5.74) is 0. The van der Waals surface area contributed by atoms with Gasteiger partial charge in [0.25, 0.3) is 0 Å². The molecule has 2 unspecified atom stereocenters. The van der Waals surface area contributed by atoms with Gasteiger partial charge in [-0.25, -0.2) is 0 Å². The number of hydrogen-bond donors (Lipinski definition) is 3. The molecule has 4 nitrogen and oxygen atoms in total. The molecule has 0 aliphatic carbocycles. The summed E-state index contributed by atoms with van der Waals surface area (Å²) in [6.45, 7) is 4.32. The summed E-state index contributed by atoms with van der Waals surface area (Å²) in [4.78, 5) is 12.3. The predicted molar refractivity (Wildman–Crippen MR) is 263 cm³/mol. The number of allylic oxidation sites excluding steroid dienone is 2. The Bertz CT molecular complexity index is 814. The van der Waals surface area contributed by atoms with Crippen LogP contribution in [0.1, 0.15) is 316 Å². The van der Waals surface area contributed by atoms with Crippen molar-refractivity contribution in [2.75, 3.05) is 6.61 Å². The third-order valence-electron chi connectivity index (χ3n) is 13.0. The van der Waals surface area contributed by atoms with Crippen LogP contribution in [0.15, 0.2) is 12.2 Å². The first-order valence-corrected chi connectivity index (χ1v) is 27.4. The lowest BCUT2D eigenvalue weighted by Gasteiger charge is -2.22. The van der Waals surface area contributed by atoms with Gasteiger partial charge in [0.2, 0.25) is 5.91 Å². The molecule has 0 saturated carbocycles. The van der Waals surface area contributed by atoms with Gasteiger partial charge in [0, 0.05) is 6.42 Å². The molecule has 0 fully saturated rings. The van der Waals surface area contributed by atoms with Gasteiger partial charge in [-0.05, 0) is 38.5 Å². The Morgan fingerprint density at radius 1 is 0.390 bits per heavy atom. The van der Waals surface area contributed by atoms with Crippen molar-refractivity contribution in [1.29, 1.82) is 0 Å². The molecule has 352 valence electrons. The number of nitrogens with one attached hydrogen (secondary N) is 1. The Morgan fingerprint density at radius 2 is 0.644 bits per heavy atom. The first kappa shape index (κ1) is 58.1. The van der Waals surface area contributed by atoms with Crippen molar-refractivity contribution < 1.29 is 15.0 Å². The van der Waals surface area contributed by atoms with E-state index >= 15 is 0 Å². The lowest BCUT2D eigenvalue weighted by atomic mass is 10.0. The smallest absolute Gasteiger partial charge is 0.220 e. The number of aliphatic hydroxyl groups is 2. The largest absolute Gasteiger partial charge is 0.394 e. The number of rotatable bonds is 51. The Hall–Kier alpha value is -0.870. The van der Waals surface area contributed by atoms with Crippen LogP contribution < -0.4 is 5.32 Å². The molecule has 0 aromatic rings. The fraction of sp³-hybridized carbons (Fsp3) is 0.945. The van der Waals surface area contributed by atoms with Crippen molar-refractivity contribution in [1.82, 2.24) is 5.32 Å². The second-order valence-corrected chi connectivity index (χ2v) is 19.0. The van der Waals surface area contributed by atoms with E-state index in [1.165, 1.54) is 263 Å². The van der Waals surface area contributed by atoms with Gasteiger partial charge in [-0.15, -0.1) is 0 Å². The molecule has 1 amide bonds. The Balaban J connectivity index is 3.25. The van der Waals surface area contributed by atoms with Crippen LogP contribution in [0.5, 0.6) is 0 Å². The molecule has 4 heteroatoms. The van der Waals surface area contributed by atoms with Crippen molar-refractivity contribution in [3.63, 3.8) is 0 Å². The van der Waals surface area contributed by atoms with Crippen LogP contribution in [0.3, 0.4) is 0 Å². The topological polar surface area (TPSA) is 69.6 Å². The van der Waals surface area contributed by atoms with Crippen molar-refractivity contribution in [2.24, 2.45) is 0 Å².